The number of ether oxygens (including phenoxy) is 1. The lowest BCUT2D eigenvalue weighted by atomic mass is 10.0. The number of hydrogen-bond acceptors (Lipinski definition) is 5. The van der Waals surface area contributed by atoms with E-state index in [1.54, 1.807) is 49.4 Å². The molecule has 7 heteroatoms. The number of aryl methyl sites for hydroxylation is 2. The molecule has 0 saturated carbocycles. The molecule has 1 aromatic heterocycles. The summed E-state index contributed by atoms with van der Waals surface area (Å²) < 4.78 is 6.76. The van der Waals surface area contributed by atoms with E-state index < -0.39 is 5.97 Å². The smallest absolute Gasteiger partial charge is 0.364 e. The summed E-state index contributed by atoms with van der Waals surface area (Å²) in [4.78, 5) is 36.6. The maximum atomic E-state index is 12.8. The molecule has 1 amide bonds. The minimum atomic E-state index is -0.631. The normalized spacial score (nSPS) is 13.1. The maximum absolute atomic E-state index is 12.8. The van der Waals surface area contributed by atoms with Gasteiger partial charge in [0.25, 0.3) is 5.56 Å². The average molecular weight is 363 g/mol. The molecule has 4 rings (SSSR count). The molecule has 0 saturated heterocycles. The lowest BCUT2D eigenvalue weighted by Gasteiger charge is -2.17. The quantitative estimate of drug-likeness (QED) is 0.570. The van der Waals surface area contributed by atoms with Gasteiger partial charge in [0.2, 0.25) is 5.91 Å². The molecular weight excluding hydrogens is 346 g/mol. The summed E-state index contributed by atoms with van der Waals surface area (Å²) in [5.41, 5.74) is 1.50. The Morgan fingerprint density at radius 2 is 1.93 bits per heavy atom. The van der Waals surface area contributed by atoms with Crippen molar-refractivity contribution in [2.75, 3.05) is 5.32 Å². The van der Waals surface area contributed by atoms with Crippen molar-refractivity contribution in [3.63, 3.8) is 0 Å². The van der Waals surface area contributed by atoms with Crippen molar-refractivity contribution in [1.29, 1.82) is 0 Å². The molecule has 27 heavy (non-hydrogen) atoms. The first-order valence-electron chi connectivity index (χ1n) is 8.71. The van der Waals surface area contributed by atoms with Gasteiger partial charge in [-0.1, -0.05) is 18.2 Å². The van der Waals surface area contributed by atoms with Crippen LogP contribution in [-0.2, 0) is 17.8 Å². The van der Waals surface area contributed by atoms with Crippen LogP contribution in [0.5, 0.6) is 5.75 Å². The number of nitrogens with one attached hydrogen (secondary N) is 1. The van der Waals surface area contributed by atoms with Crippen LogP contribution in [0.2, 0.25) is 0 Å². The van der Waals surface area contributed by atoms with E-state index in [0.29, 0.717) is 35.9 Å². The van der Waals surface area contributed by atoms with Crippen LogP contribution in [0.15, 0.2) is 47.3 Å². The third kappa shape index (κ3) is 3.08. The summed E-state index contributed by atoms with van der Waals surface area (Å²) in [6, 6.07) is 11.9. The SMILES string of the molecule is CCn1nc(C(=O)Oc2ccc3c(c2)CCC(=O)N3)c2ccccc2c1=O. The molecule has 0 spiro atoms. The Morgan fingerprint density at radius 1 is 1.15 bits per heavy atom. The molecule has 0 bridgehead atoms. The first-order chi connectivity index (χ1) is 13.1. The van der Waals surface area contributed by atoms with E-state index in [-0.39, 0.29) is 17.2 Å². The van der Waals surface area contributed by atoms with Gasteiger partial charge in [-0.05, 0) is 43.2 Å². The van der Waals surface area contributed by atoms with E-state index in [1.807, 2.05) is 0 Å². The minimum Gasteiger partial charge on any atom is -0.422 e. The summed E-state index contributed by atoms with van der Waals surface area (Å²) in [7, 11) is 0. The van der Waals surface area contributed by atoms with Crippen molar-refractivity contribution in [3.05, 3.63) is 64.1 Å². The van der Waals surface area contributed by atoms with Crippen molar-refractivity contribution in [2.24, 2.45) is 0 Å². The molecule has 7 nitrogen and oxygen atoms in total. The number of benzene rings is 2. The van der Waals surface area contributed by atoms with Gasteiger partial charge in [-0.15, -0.1) is 0 Å². The highest BCUT2D eigenvalue weighted by Gasteiger charge is 2.20. The number of rotatable bonds is 3. The van der Waals surface area contributed by atoms with E-state index >= 15 is 0 Å². The lowest BCUT2D eigenvalue weighted by Crippen LogP contribution is -2.26. The Kier molecular flexibility index (Phi) is 4.19. The fourth-order valence-electron chi connectivity index (χ4n) is 3.18. The Hall–Kier alpha value is -3.48. The summed E-state index contributed by atoms with van der Waals surface area (Å²) in [5, 5.41) is 7.86. The van der Waals surface area contributed by atoms with Crippen LogP contribution in [0.3, 0.4) is 0 Å². The molecule has 0 unspecified atom stereocenters. The van der Waals surface area contributed by atoms with E-state index in [9.17, 15) is 14.4 Å². The standard InChI is InChI=1S/C20H17N3O4/c1-2-23-19(25)15-6-4-3-5-14(15)18(22-23)20(26)27-13-8-9-16-12(11-13)7-10-17(24)21-16/h3-6,8-9,11H,2,7,10H2,1H3,(H,21,24). The zero-order valence-corrected chi connectivity index (χ0v) is 14.7. The molecular formula is C20H17N3O4. The molecule has 1 aliphatic rings. The fourth-order valence-corrected chi connectivity index (χ4v) is 3.18. The predicted molar refractivity (Wildman–Crippen MR) is 100 cm³/mol. The third-order valence-corrected chi connectivity index (χ3v) is 4.54. The van der Waals surface area contributed by atoms with Crippen molar-refractivity contribution < 1.29 is 14.3 Å². The van der Waals surface area contributed by atoms with Crippen LogP contribution >= 0.6 is 0 Å². The molecule has 0 radical (unpaired) electrons. The third-order valence-electron chi connectivity index (χ3n) is 4.54. The van der Waals surface area contributed by atoms with Gasteiger partial charge in [0, 0.05) is 24.0 Å². The number of aromatic nitrogens is 2. The highest BCUT2D eigenvalue weighted by atomic mass is 16.5. The summed E-state index contributed by atoms with van der Waals surface area (Å²) in [6.45, 7) is 2.14. The minimum absolute atomic E-state index is 0.0234. The number of carbonyl (C=O) groups is 2. The molecule has 136 valence electrons. The zero-order valence-electron chi connectivity index (χ0n) is 14.7. The topological polar surface area (TPSA) is 90.3 Å². The molecule has 0 aliphatic carbocycles. The van der Waals surface area contributed by atoms with Crippen molar-refractivity contribution in [3.8, 4) is 5.75 Å². The molecule has 3 aromatic rings. The van der Waals surface area contributed by atoms with E-state index in [1.165, 1.54) is 4.68 Å². The molecule has 1 aliphatic heterocycles. The number of carbonyl (C=O) groups excluding carboxylic acids is 2. The van der Waals surface area contributed by atoms with Gasteiger partial charge in [-0.3, -0.25) is 9.59 Å². The number of esters is 1. The fraction of sp³-hybridized carbons (Fsp3) is 0.200. The van der Waals surface area contributed by atoms with Gasteiger partial charge in [0.15, 0.2) is 5.69 Å². The Morgan fingerprint density at radius 3 is 2.70 bits per heavy atom. The van der Waals surface area contributed by atoms with Crippen LogP contribution < -0.4 is 15.6 Å². The van der Waals surface area contributed by atoms with Gasteiger partial charge < -0.3 is 10.1 Å². The van der Waals surface area contributed by atoms with Crippen LogP contribution in [0.1, 0.15) is 29.4 Å². The van der Waals surface area contributed by atoms with Crippen LogP contribution in [-0.4, -0.2) is 21.7 Å². The number of fused-ring (bicyclic) bond motifs is 2. The Bertz CT molecular complexity index is 1130. The van der Waals surface area contributed by atoms with E-state index in [0.717, 1.165) is 11.3 Å². The summed E-state index contributed by atoms with van der Waals surface area (Å²) >= 11 is 0. The molecule has 1 N–H and O–H groups in total. The van der Waals surface area contributed by atoms with Crippen LogP contribution in [0.25, 0.3) is 10.8 Å². The highest BCUT2D eigenvalue weighted by molar-refractivity contribution is 6.03. The lowest BCUT2D eigenvalue weighted by molar-refractivity contribution is -0.116. The largest absolute Gasteiger partial charge is 0.422 e. The molecule has 0 fully saturated rings. The predicted octanol–water partition coefficient (Wildman–Crippen LogP) is 2.52. The molecule has 2 heterocycles. The second-order valence-electron chi connectivity index (χ2n) is 6.27. The van der Waals surface area contributed by atoms with Gasteiger partial charge >= 0.3 is 5.97 Å². The Labute approximate surface area is 154 Å². The number of anilines is 1. The maximum Gasteiger partial charge on any atom is 0.364 e. The van der Waals surface area contributed by atoms with Gasteiger partial charge in [0.05, 0.1) is 5.39 Å². The van der Waals surface area contributed by atoms with E-state index in [2.05, 4.69) is 10.4 Å². The second-order valence-corrected chi connectivity index (χ2v) is 6.27. The summed E-state index contributed by atoms with van der Waals surface area (Å²) in [6.07, 6.45) is 0.993. The average Bonchev–Trinajstić information content (AvgIpc) is 2.68. The van der Waals surface area contributed by atoms with Crippen molar-refractivity contribution in [1.82, 2.24) is 9.78 Å². The number of nitrogens with zero attached hydrogens (tertiary/aromatic N) is 2. The van der Waals surface area contributed by atoms with Crippen molar-refractivity contribution >= 4 is 28.3 Å². The van der Waals surface area contributed by atoms with Gasteiger partial charge in [-0.25, -0.2) is 9.48 Å². The first kappa shape index (κ1) is 17.0. The van der Waals surface area contributed by atoms with Crippen LogP contribution in [0.4, 0.5) is 5.69 Å². The number of hydrogen-bond donors (Lipinski definition) is 1. The molecule has 0 atom stereocenters. The molecule has 2 aromatic carbocycles. The highest BCUT2D eigenvalue weighted by Crippen LogP contribution is 2.27. The zero-order chi connectivity index (χ0) is 19.0. The van der Waals surface area contributed by atoms with Gasteiger partial charge in [0.1, 0.15) is 5.75 Å². The Balaban J connectivity index is 1.71. The monoisotopic (exact) mass is 363 g/mol. The van der Waals surface area contributed by atoms with Crippen molar-refractivity contribution in [2.45, 2.75) is 26.3 Å². The number of amides is 1. The first-order valence-corrected chi connectivity index (χ1v) is 8.71. The van der Waals surface area contributed by atoms with Gasteiger partial charge in [-0.2, -0.15) is 5.10 Å². The summed E-state index contributed by atoms with van der Waals surface area (Å²) in [5.74, 6) is -0.284. The second kappa shape index (κ2) is 6.68. The van der Waals surface area contributed by atoms with E-state index in [4.69, 9.17) is 4.74 Å². The van der Waals surface area contributed by atoms with Crippen LogP contribution in [0, 0.1) is 0 Å².